The fraction of sp³-hybridized carbons (Fsp3) is 0.333. The highest BCUT2D eigenvalue weighted by atomic mass is 35.5. The Morgan fingerprint density at radius 3 is 2.71 bits per heavy atom. The first-order valence-corrected chi connectivity index (χ1v) is 10.6. The lowest BCUT2D eigenvalue weighted by Gasteiger charge is -2.36. The first-order valence-electron chi connectivity index (χ1n) is 9.42. The molecule has 0 atom stereocenters. The van der Waals surface area contributed by atoms with Gasteiger partial charge < -0.3 is 9.64 Å². The summed E-state index contributed by atoms with van der Waals surface area (Å²) in [6.07, 6.45) is 0. The van der Waals surface area contributed by atoms with Crippen LogP contribution in [0, 0.1) is 0 Å². The Balaban J connectivity index is 1.59. The predicted octanol–water partition coefficient (Wildman–Crippen LogP) is 4.06. The summed E-state index contributed by atoms with van der Waals surface area (Å²) >= 11 is 8.04. The summed E-state index contributed by atoms with van der Waals surface area (Å²) in [7, 11) is 0. The van der Waals surface area contributed by atoms with Crippen LogP contribution >= 0.6 is 23.4 Å². The molecule has 0 unspecified atom stereocenters. The van der Waals surface area contributed by atoms with Gasteiger partial charge in [0.15, 0.2) is 0 Å². The Kier molecular flexibility index (Phi) is 5.90. The summed E-state index contributed by atoms with van der Waals surface area (Å²) in [5.41, 5.74) is 2.04. The molecule has 4 rings (SSSR count). The van der Waals surface area contributed by atoms with Gasteiger partial charge in [-0.2, -0.15) is 0 Å². The van der Waals surface area contributed by atoms with Gasteiger partial charge in [-0.3, -0.25) is 9.69 Å². The Morgan fingerprint density at radius 2 is 1.93 bits per heavy atom. The second kappa shape index (κ2) is 8.55. The van der Waals surface area contributed by atoms with Crippen molar-refractivity contribution >= 4 is 40.9 Å². The lowest BCUT2D eigenvalue weighted by atomic mass is 10.1. The van der Waals surface area contributed by atoms with Gasteiger partial charge in [0.25, 0.3) is 0 Å². The van der Waals surface area contributed by atoms with Gasteiger partial charge in [-0.05, 0) is 37.3 Å². The second-order valence-electron chi connectivity index (χ2n) is 6.71. The molecule has 0 bridgehead atoms. The minimum atomic E-state index is -0.162. The fourth-order valence-corrected chi connectivity index (χ4v) is 4.61. The largest absolute Gasteiger partial charge is 0.465 e. The van der Waals surface area contributed by atoms with Crippen LogP contribution < -0.4 is 0 Å². The van der Waals surface area contributed by atoms with E-state index in [1.165, 1.54) is 0 Å². The average Bonchev–Trinajstić information content (AvgIpc) is 2.85. The fourth-order valence-electron chi connectivity index (χ4n) is 3.44. The van der Waals surface area contributed by atoms with Crippen LogP contribution in [0.4, 0.5) is 5.69 Å². The molecule has 0 radical (unpaired) electrons. The number of piperazine rings is 1. The van der Waals surface area contributed by atoms with Crippen molar-refractivity contribution in [2.45, 2.75) is 16.7 Å². The molecule has 0 spiro atoms. The zero-order valence-electron chi connectivity index (χ0n) is 15.7. The highest BCUT2D eigenvalue weighted by Gasteiger charge is 2.26. The van der Waals surface area contributed by atoms with E-state index in [2.05, 4.69) is 21.9 Å². The summed E-state index contributed by atoms with van der Waals surface area (Å²) in [5.74, 6) is 0.788. The summed E-state index contributed by atoms with van der Waals surface area (Å²) in [6.45, 7) is 5.79. The molecule has 0 N–H and O–H groups in total. The lowest BCUT2D eigenvalue weighted by Crippen LogP contribution is -2.50. The maximum Gasteiger partial charge on any atom is 0.320 e. The van der Waals surface area contributed by atoms with Gasteiger partial charge in [-0.1, -0.05) is 35.5 Å². The van der Waals surface area contributed by atoms with Crippen molar-refractivity contribution in [1.82, 2.24) is 9.80 Å². The molecule has 2 aromatic carbocycles. The van der Waals surface area contributed by atoms with E-state index in [-0.39, 0.29) is 5.97 Å². The molecule has 28 heavy (non-hydrogen) atoms. The van der Waals surface area contributed by atoms with E-state index in [0.717, 1.165) is 53.1 Å². The molecule has 7 heteroatoms. The first-order chi connectivity index (χ1) is 13.6. The molecule has 0 aromatic heterocycles. The van der Waals surface area contributed by atoms with Gasteiger partial charge in [0.2, 0.25) is 0 Å². The normalized spacial score (nSPS) is 16.6. The van der Waals surface area contributed by atoms with Crippen molar-refractivity contribution in [3.63, 3.8) is 0 Å². The number of hydrogen-bond donors (Lipinski definition) is 0. The third-order valence-corrected chi connectivity index (χ3v) is 6.20. The molecule has 2 aliphatic rings. The van der Waals surface area contributed by atoms with Gasteiger partial charge in [-0.15, -0.1) is 0 Å². The number of nitrogens with zero attached hydrogens (tertiary/aromatic N) is 3. The van der Waals surface area contributed by atoms with Crippen LogP contribution in [0.25, 0.3) is 0 Å². The number of halogens is 1. The number of esters is 1. The first kappa shape index (κ1) is 19.3. The molecule has 1 fully saturated rings. The van der Waals surface area contributed by atoms with Crippen LogP contribution in [-0.4, -0.2) is 60.9 Å². The molecule has 146 valence electrons. The third kappa shape index (κ3) is 4.19. The molecule has 1 saturated heterocycles. The van der Waals surface area contributed by atoms with E-state index in [1.807, 2.05) is 37.3 Å². The third-order valence-electron chi connectivity index (χ3n) is 4.82. The van der Waals surface area contributed by atoms with Gasteiger partial charge in [-0.25, -0.2) is 4.99 Å². The number of carbonyl (C=O) groups is 1. The minimum Gasteiger partial charge on any atom is -0.465 e. The van der Waals surface area contributed by atoms with Gasteiger partial charge in [0, 0.05) is 46.6 Å². The number of hydrogen-bond acceptors (Lipinski definition) is 6. The molecule has 0 aliphatic carbocycles. The minimum absolute atomic E-state index is 0.162. The van der Waals surface area contributed by atoms with Crippen LogP contribution in [0.2, 0.25) is 5.02 Å². The number of fused-ring (bicyclic) bond motifs is 2. The summed E-state index contributed by atoms with van der Waals surface area (Å²) < 4.78 is 5.07. The van der Waals surface area contributed by atoms with E-state index in [0.29, 0.717) is 18.2 Å². The Bertz CT molecular complexity index is 910. The monoisotopic (exact) mass is 415 g/mol. The molecule has 0 amide bonds. The summed E-state index contributed by atoms with van der Waals surface area (Å²) in [6, 6.07) is 14.2. The zero-order valence-corrected chi connectivity index (χ0v) is 17.3. The molecular weight excluding hydrogens is 394 g/mol. The van der Waals surface area contributed by atoms with Crippen LogP contribution in [-0.2, 0) is 9.53 Å². The average molecular weight is 416 g/mol. The number of amidine groups is 1. The number of benzene rings is 2. The lowest BCUT2D eigenvalue weighted by molar-refractivity contribution is -0.144. The van der Waals surface area contributed by atoms with E-state index in [1.54, 1.807) is 11.8 Å². The summed E-state index contributed by atoms with van der Waals surface area (Å²) in [4.78, 5) is 23.5. The SMILES string of the molecule is CCOC(=O)CN1CCN(C2=Nc3ccccc3Sc3ccc(Cl)cc32)CC1. The Morgan fingerprint density at radius 1 is 1.14 bits per heavy atom. The Labute approximate surface area is 174 Å². The Hall–Kier alpha value is -2.02. The number of ether oxygens (including phenoxy) is 1. The molecule has 0 saturated carbocycles. The topological polar surface area (TPSA) is 45.1 Å². The number of para-hydroxylation sites is 1. The maximum absolute atomic E-state index is 11.8. The van der Waals surface area contributed by atoms with E-state index in [9.17, 15) is 4.79 Å². The van der Waals surface area contributed by atoms with Crippen molar-refractivity contribution in [2.24, 2.45) is 4.99 Å². The van der Waals surface area contributed by atoms with E-state index < -0.39 is 0 Å². The van der Waals surface area contributed by atoms with Gasteiger partial charge in [0.05, 0.1) is 18.8 Å². The predicted molar refractivity (Wildman–Crippen MR) is 113 cm³/mol. The van der Waals surface area contributed by atoms with E-state index in [4.69, 9.17) is 21.3 Å². The second-order valence-corrected chi connectivity index (χ2v) is 8.23. The molecule has 2 aromatic rings. The standard InChI is InChI=1S/C21H22ClN3O2S/c1-2-27-20(26)14-24-9-11-25(12-10-24)21-16-13-15(22)7-8-18(16)28-19-6-4-3-5-17(19)23-21/h3-8,13H,2,9-12,14H2,1H3. The molecule has 2 aliphatic heterocycles. The van der Waals surface area contributed by atoms with Gasteiger partial charge >= 0.3 is 5.97 Å². The van der Waals surface area contributed by atoms with Crippen LogP contribution in [0.3, 0.4) is 0 Å². The van der Waals surface area contributed by atoms with Gasteiger partial charge in [0.1, 0.15) is 5.84 Å². The highest BCUT2D eigenvalue weighted by Crippen LogP contribution is 2.41. The van der Waals surface area contributed by atoms with Crippen molar-refractivity contribution in [2.75, 3.05) is 39.3 Å². The number of rotatable bonds is 3. The highest BCUT2D eigenvalue weighted by molar-refractivity contribution is 7.99. The molecule has 5 nitrogen and oxygen atoms in total. The van der Waals surface area contributed by atoms with Crippen LogP contribution in [0.1, 0.15) is 12.5 Å². The van der Waals surface area contributed by atoms with E-state index >= 15 is 0 Å². The quantitative estimate of drug-likeness (QED) is 0.707. The van der Waals surface area contributed by atoms with Crippen molar-refractivity contribution < 1.29 is 9.53 Å². The van der Waals surface area contributed by atoms with Crippen molar-refractivity contribution in [1.29, 1.82) is 0 Å². The van der Waals surface area contributed by atoms with Crippen molar-refractivity contribution in [3.05, 3.63) is 53.1 Å². The maximum atomic E-state index is 11.8. The van der Waals surface area contributed by atoms with Crippen LogP contribution in [0.5, 0.6) is 0 Å². The number of carbonyl (C=O) groups excluding carboxylic acids is 1. The van der Waals surface area contributed by atoms with Crippen LogP contribution in [0.15, 0.2) is 57.2 Å². The zero-order chi connectivity index (χ0) is 19.5. The number of aliphatic imine (C=N–C) groups is 1. The smallest absolute Gasteiger partial charge is 0.320 e. The molecule has 2 heterocycles. The molecular formula is C21H22ClN3O2S. The summed E-state index contributed by atoms with van der Waals surface area (Å²) in [5, 5.41) is 0.707. The van der Waals surface area contributed by atoms with Crippen molar-refractivity contribution in [3.8, 4) is 0 Å².